The Morgan fingerprint density at radius 1 is 1.12 bits per heavy atom. The van der Waals surface area contributed by atoms with E-state index in [1.165, 1.54) is 11.3 Å². The third kappa shape index (κ3) is 4.80. The first-order chi connectivity index (χ1) is 15.4. The van der Waals surface area contributed by atoms with Crippen LogP contribution in [-0.4, -0.2) is 26.3 Å². The van der Waals surface area contributed by atoms with Crippen LogP contribution >= 0.6 is 11.3 Å². The number of fused-ring (bicyclic) bond motifs is 1. The second-order valence-electron chi connectivity index (χ2n) is 7.19. The van der Waals surface area contributed by atoms with Gasteiger partial charge in [-0.25, -0.2) is 18.1 Å². The summed E-state index contributed by atoms with van der Waals surface area (Å²) in [7, 11) is -2.16. The van der Waals surface area contributed by atoms with Crippen LogP contribution in [0.15, 0.2) is 77.7 Å². The van der Waals surface area contributed by atoms with Crippen molar-refractivity contribution < 1.29 is 13.2 Å². The van der Waals surface area contributed by atoms with Gasteiger partial charge in [0.15, 0.2) is 0 Å². The first-order valence-electron chi connectivity index (χ1n) is 9.81. The van der Waals surface area contributed by atoms with E-state index in [0.717, 1.165) is 15.8 Å². The number of nitrogens with two attached hydrogens (primary N) is 1. The van der Waals surface area contributed by atoms with Gasteiger partial charge in [-0.1, -0.05) is 42.5 Å². The molecule has 4 aromatic rings. The number of nitrogens with one attached hydrogen (secondary N) is 2. The second kappa shape index (κ2) is 9.07. The molecule has 0 aliphatic rings. The van der Waals surface area contributed by atoms with Crippen molar-refractivity contribution in [1.29, 1.82) is 5.41 Å². The van der Waals surface area contributed by atoms with Gasteiger partial charge in [0.05, 0.1) is 28.3 Å². The lowest BCUT2D eigenvalue weighted by atomic mass is 10.0. The fraction of sp³-hybridized carbons (Fsp3) is 0.130. The van der Waals surface area contributed by atoms with Crippen molar-refractivity contribution in [1.82, 2.24) is 9.71 Å². The molecule has 32 heavy (non-hydrogen) atoms. The van der Waals surface area contributed by atoms with E-state index in [-0.39, 0.29) is 10.7 Å². The lowest BCUT2D eigenvalue weighted by Gasteiger charge is -2.17. The van der Waals surface area contributed by atoms with Crippen molar-refractivity contribution in [2.24, 2.45) is 5.73 Å². The first-order valence-corrected chi connectivity index (χ1v) is 12.1. The molecule has 0 aliphatic heterocycles. The zero-order valence-corrected chi connectivity index (χ0v) is 18.9. The van der Waals surface area contributed by atoms with Crippen LogP contribution in [0.4, 0.5) is 0 Å². The molecule has 0 aliphatic carbocycles. The number of hydrogen-bond acceptors (Lipinski definition) is 6. The van der Waals surface area contributed by atoms with Crippen LogP contribution in [-0.2, 0) is 16.4 Å². The van der Waals surface area contributed by atoms with Gasteiger partial charge in [0, 0.05) is 5.56 Å². The Morgan fingerprint density at radius 2 is 1.84 bits per heavy atom. The molecule has 3 aromatic carbocycles. The van der Waals surface area contributed by atoms with Crippen molar-refractivity contribution >= 4 is 37.4 Å². The maximum atomic E-state index is 13.1. The van der Waals surface area contributed by atoms with Gasteiger partial charge in [0.2, 0.25) is 10.0 Å². The van der Waals surface area contributed by atoms with Crippen molar-refractivity contribution in [2.75, 3.05) is 7.11 Å². The van der Waals surface area contributed by atoms with E-state index in [1.54, 1.807) is 49.6 Å². The third-order valence-electron chi connectivity index (χ3n) is 4.97. The summed E-state index contributed by atoms with van der Waals surface area (Å²) < 4.78 is 35.2. The number of sulfonamides is 1. The number of aromatic nitrogens is 1. The molecule has 9 heteroatoms. The summed E-state index contributed by atoms with van der Waals surface area (Å²) in [6, 6.07) is 20.5. The Bertz CT molecular complexity index is 1350. The SMILES string of the molecule is COc1ccc2nc([C@@H](Cc3ccc(C(=N)N)cc3)NS(=O)(=O)c3ccccc3)sc2c1. The summed E-state index contributed by atoms with van der Waals surface area (Å²) in [5.41, 5.74) is 7.83. The lowest BCUT2D eigenvalue weighted by Crippen LogP contribution is -2.30. The summed E-state index contributed by atoms with van der Waals surface area (Å²) in [6.45, 7) is 0. The van der Waals surface area contributed by atoms with Gasteiger partial charge in [0.1, 0.15) is 16.6 Å². The monoisotopic (exact) mass is 466 g/mol. The van der Waals surface area contributed by atoms with E-state index in [1.807, 2.05) is 30.3 Å². The molecule has 0 fully saturated rings. The fourth-order valence-electron chi connectivity index (χ4n) is 3.29. The zero-order chi connectivity index (χ0) is 22.7. The van der Waals surface area contributed by atoms with Gasteiger partial charge in [0.25, 0.3) is 0 Å². The lowest BCUT2D eigenvalue weighted by molar-refractivity contribution is 0.415. The minimum absolute atomic E-state index is 0.0157. The molecule has 0 spiro atoms. The summed E-state index contributed by atoms with van der Waals surface area (Å²) in [5, 5.41) is 8.21. The number of ether oxygens (including phenoxy) is 1. The molecular formula is C23H22N4O3S2. The topological polar surface area (TPSA) is 118 Å². The van der Waals surface area contributed by atoms with Crippen LogP contribution < -0.4 is 15.2 Å². The normalized spacial score (nSPS) is 12.5. The van der Waals surface area contributed by atoms with Crippen molar-refractivity contribution in [3.63, 3.8) is 0 Å². The summed E-state index contributed by atoms with van der Waals surface area (Å²) in [4.78, 5) is 4.88. The number of benzene rings is 3. The minimum atomic E-state index is -3.76. The highest BCUT2D eigenvalue weighted by molar-refractivity contribution is 7.89. The molecule has 0 radical (unpaired) electrons. The van der Waals surface area contributed by atoms with Gasteiger partial charge in [-0.05, 0) is 42.3 Å². The van der Waals surface area contributed by atoms with Crippen LogP contribution in [0, 0.1) is 5.41 Å². The average Bonchev–Trinajstić information content (AvgIpc) is 3.23. The van der Waals surface area contributed by atoms with E-state index < -0.39 is 16.1 Å². The quantitative estimate of drug-likeness (QED) is 0.269. The number of methoxy groups -OCH3 is 1. The largest absolute Gasteiger partial charge is 0.497 e. The Kier molecular flexibility index (Phi) is 6.22. The Labute approximate surface area is 190 Å². The van der Waals surface area contributed by atoms with Crippen molar-refractivity contribution in [3.8, 4) is 5.75 Å². The Balaban J connectivity index is 1.71. The number of nitrogens with zero attached hydrogens (tertiary/aromatic N) is 1. The number of rotatable bonds is 8. The van der Waals surface area contributed by atoms with Crippen LogP contribution in [0.2, 0.25) is 0 Å². The zero-order valence-electron chi connectivity index (χ0n) is 17.3. The molecule has 0 unspecified atom stereocenters. The Morgan fingerprint density at radius 3 is 2.50 bits per heavy atom. The molecule has 0 amide bonds. The summed E-state index contributed by atoms with van der Waals surface area (Å²) in [6.07, 6.45) is 0.390. The average molecular weight is 467 g/mol. The van der Waals surface area contributed by atoms with Gasteiger partial charge < -0.3 is 10.5 Å². The van der Waals surface area contributed by atoms with Gasteiger partial charge in [-0.3, -0.25) is 5.41 Å². The van der Waals surface area contributed by atoms with Gasteiger partial charge in [-0.2, -0.15) is 0 Å². The van der Waals surface area contributed by atoms with Crippen molar-refractivity contribution in [2.45, 2.75) is 17.4 Å². The molecule has 4 rings (SSSR count). The number of thiazole rings is 1. The predicted octanol–water partition coefficient (Wildman–Crippen LogP) is 3.85. The highest BCUT2D eigenvalue weighted by atomic mass is 32.2. The van der Waals surface area contributed by atoms with E-state index in [2.05, 4.69) is 4.72 Å². The van der Waals surface area contributed by atoms with Crippen LogP contribution in [0.3, 0.4) is 0 Å². The van der Waals surface area contributed by atoms with Gasteiger partial charge in [-0.15, -0.1) is 11.3 Å². The molecular weight excluding hydrogens is 444 g/mol. The summed E-state index contributed by atoms with van der Waals surface area (Å²) >= 11 is 1.43. The van der Waals surface area contributed by atoms with E-state index in [4.69, 9.17) is 20.9 Å². The second-order valence-corrected chi connectivity index (χ2v) is 9.96. The molecule has 4 N–H and O–H groups in total. The summed E-state index contributed by atoms with van der Waals surface area (Å²) in [5.74, 6) is 0.701. The number of hydrogen-bond donors (Lipinski definition) is 3. The van der Waals surface area contributed by atoms with Crippen LogP contribution in [0.1, 0.15) is 22.2 Å². The number of nitrogen functional groups attached to an aromatic ring is 1. The maximum Gasteiger partial charge on any atom is 0.241 e. The van der Waals surface area contributed by atoms with Crippen LogP contribution in [0.5, 0.6) is 5.75 Å². The van der Waals surface area contributed by atoms with E-state index in [9.17, 15) is 8.42 Å². The molecule has 1 atom stereocenters. The van der Waals surface area contributed by atoms with Gasteiger partial charge >= 0.3 is 0 Å². The minimum Gasteiger partial charge on any atom is -0.497 e. The fourth-order valence-corrected chi connectivity index (χ4v) is 5.63. The van der Waals surface area contributed by atoms with E-state index >= 15 is 0 Å². The van der Waals surface area contributed by atoms with Crippen LogP contribution in [0.25, 0.3) is 10.2 Å². The van der Waals surface area contributed by atoms with Crippen molar-refractivity contribution in [3.05, 3.63) is 88.9 Å². The smallest absolute Gasteiger partial charge is 0.241 e. The first kappa shape index (κ1) is 21.9. The van der Waals surface area contributed by atoms with E-state index in [0.29, 0.717) is 22.7 Å². The molecule has 1 aromatic heterocycles. The molecule has 0 bridgehead atoms. The maximum absolute atomic E-state index is 13.1. The standard InChI is InChI=1S/C23H22N4O3S2/c1-30-17-11-12-19-21(14-17)31-23(26-19)20(13-15-7-9-16(10-8-15)22(24)25)27-32(28,29)18-5-3-2-4-6-18/h2-12,14,20,27H,13H2,1H3,(H3,24,25)/t20-/m1/s1. The molecule has 7 nitrogen and oxygen atoms in total. The molecule has 0 saturated carbocycles. The molecule has 0 saturated heterocycles. The third-order valence-corrected chi connectivity index (χ3v) is 7.59. The molecule has 164 valence electrons. The highest BCUT2D eigenvalue weighted by Gasteiger charge is 2.24. The Hall–Kier alpha value is -3.27. The molecule has 1 heterocycles. The number of amidine groups is 1. The highest BCUT2D eigenvalue weighted by Crippen LogP contribution is 2.32. The predicted molar refractivity (Wildman–Crippen MR) is 127 cm³/mol.